The summed E-state index contributed by atoms with van der Waals surface area (Å²) in [5.74, 6) is 0.827. The summed E-state index contributed by atoms with van der Waals surface area (Å²) in [6.07, 6.45) is 4.55. The molecule has 70 valence electrons. The molecule has 1 saturated heterocycles. The number of hydrogen-bond acceptors (Lipinski definition) is 2. The Bertz CT molecular complexity index is 143. The molecule has 0 aromatic heterocycles. The van der Waals surface area contributed by atoms with Crippen molar-refractivity contribution in [2.45, 2.75) is 26.7 Å². The van der Waals surface area contributed by atoms with Crippen LogP contribution in [0.15, 0.2) is 4.99 Å². The minimum atomic E-state index is 0.827. The molecule has 1 aliphatic rings. The van der Waals surface area contributed by atoms with Crippen LogP contribution in [0.5, 0.6) is 0 Å². The molecule has 1 aliphatic heterocycles. The van der Waals surface area contributed by atoms with Crippen LogP contribution in [-0.2, 0) is 0 Å². The molecule has 12 heavy (non-hydrogen) atoms. The summed E-state index contributed by atoms with van der Waals surface area (Å²) in [6.45, 7) is 9.11. The Labute approximate surface area is 75.7 Å². The first-order valence-electron chi connectivity index (χ1n) is 5.03. The molecule has 1 fully saturated rings. The summed E-state index contributed by atoms with van der Waals surface area (Å²) in [5.41, 5.74) is 0. The molecule has 1 rings (SSSR count). The second-order valence-electron chi connectivity index (χ2n) is 3.58. The van der Waals surface area contributed by atoms with Crippen molar-refractivity contribution < 1.29 is 0 Å². The Kier molecular flexibility index (Phi) is 4.30. The summed E-state index contributed by atoms with van der Waals surface area (Å²) in [4.78, 5) is 6.85. The first kappa shape index (κ1) is 9.72. The van der Waals surface area contributed by atoms with Crippen molar-refractivity contribution in [3.63, 3.8) is 0 Å². The lowest BCUT2D eigenvalue weighted by Crippen LogP contribution is -2.21. The van der Waals surface area contributed by atoms with Gasteiger partial charge in [-0.15, -0.1) is 0 Å². The molecule has 0 amide bonds. The topological polar surface area (TPSA) is 15.6 Å². The summed E-state index contributed by atoms with van der Waals surface area (Å²) in [6, 6.07) is 0. The molecular formula is C10H20N2. The van der Waals surface area contributed by atoms with Gasteiger partial charge in [-0.25, -0.2) is 0 Å². The predicted molar refractivity (Wildman–Crippen MR) is 53.9 cm³/mol. The van der Waals surface area contributed by atoms with Gasteiger partial charge < -0.3 is 4.90 Å². The van der Waals surface area contributed by atoms with Crippen LogP contribution in [0.1, 0.15) is 26.7 Å². The second-order valence-corrected chi connectivity index (χ2v) is 3.58. The highest BCUT2D eigenvalue weighted by molar-refractivity contribution is 5.53. The quantitative estimate of drug-likeness (QED) is 0.584. The molecule has 2 nitrogen and oxygen atoms in total. The van der Waals surface area contributed by atoms with E-state index in [1.165, 1.54) is 32.5 Å². The maximum Gasteiger partial charge on any atom is 0.0426 e. The molecule has 0 N–H and O–H groups in total. The maximum absolute atomic E-state index is 4.30. The molecule has 0 aliphatic carbocycles. The smallest absolute Gasteiger partial charge is 0.0426 e. The molecule has 0 radical (unpaired) electrons. The summed E-state index contributed by atoms with van der Waals surface area (Å²) >= 11 is 0. The van der Waals surface area contributed by atoms with Crippen molar-refractivity contribution >= 4 is 6.21 Å². The van der Waals surface area contributed by atoms with Crippen molar-refractivity contribution in [3.8, 4) is 0 Å². The van der Waals surface area contributed by atoms with Gasteiger partial charge >= 0.3 is 0 Å². The third-order valence-electron chi connectivity index (χ3n) is 2.46. The highest BCUT2D eigenvalue weighted by Gasteiger charge is 2.20. The number of rotatable bonds is 4. The van der Waals surface area contributed by atoms with Gasteiger partial charge in [0.25, 0.3) is 0 Å². The lowest BCUT2D eigenvalue weighted by Gasteiger charge is -2.13. The highest BCUT2D eigenvalue weighted by atomic mass is 15.1. The van der Waals surface area contributed by atoms with Crippen molar-refractivity contribution in [2.24, 2.45) is 10.9 Å². The van der Waals surface area contributed by atoms with Gasteiger partial charge in [0.05, 0.1) is 0 Å². The van der Waals surface area contributed by atoms with Crippen LogP contribution in [0, 0.1) is 5.92 Å². The van der Waals surface area contributed by atoms with Gasteiger partial charge in [0.1, 0.15) is 0 Å². The van der Waals surface area contributed by atoms with Crippen LogP contribution in [0.3, 0.4) is 0 Å². The molecule has 0 bridgehead atoms. The first-order chi connectivity index (χ1) is 5.86. The number of hydrogen-bond donors (Lipinski definition) is 0. The van der Waals surface area contributed by atoms with Crippen LogP contribution in [0.4, 0.5) is 0 Å². The van der Waals surface area contributed by atoms with Crippen molar-refractivity contribution in [1.82, 2.24) is 4.90 Å². The van der Waals surface area contributed by atoms with Crippen LogP contribution in [0.2, 0.25) is 0 Å². The lowest BCUT2D eigenvalue weighted by molar-refractivity contribution is 0.326. The highest BCUT2D eigenvalue weighted by Crippen LogP contribution is 2.16. The summed E-state index contributed by atoms with van der Waals surface area (Å²) in [5, 5.41) is 0. The van der Waals surface area contributed by atoms with Crippen LogP contribution < -0.4 is 0 Å². The predicted octanol–water partition coefficient (Wildman–Crippen LogP) is 1.81. The molecule has 0 spiro atoms. The Morgan fingerprint density at radius 1 is 1.58 bits per heavy atom. The standard InChI is InChI=1S/C10H20N2/c1-3-6-12-7-5-10(9-12)8-11-4-2/h4,10H,3,5-9H2,1-2H3. The van der Waals surface area contributed by atoms with E-state index in [1.54, 1.807) is 0 Å². The number of likely N-dealkylation sites (tertiary alicyclic amines) is 1. The summed E-state index contributed by atoms with van der Waals surface area (Å²) < 4.78 is 0. The van der Waals surface area contributed by atoms with Gasteiger partial charge in [-0.05, 0) is 45.0 Å². The molecule has 0 aromatic rings. The molecule has 0 saturated carbocycles. The normalized spacial score (nSPS) is 25.7. The fourth-order valence-electron chi connectivity index (χ4n) is 1.84. The van der Waals surface area contributed by atoms with E-state index >= 15 is 0 Å². The minimum Gasteiger partial charge on any atom is -0.303 e. The van der Waals surface area contributed by atoms with E-state index < -0.39 is 0 Å². The number of nitrogens with zero attached hydrogens (tertiary/aromatic N) is 2. The average molecular weight is 168 g/mol. The zero-order chi connectivity index (χ0) is 8.81. The largest absolute Gasteiger partial charge is 0.303 e. The molecule has 1 heterocycles. The molecule has 1 atom stereocenters. The second kappa shape index (κ2) is 5.31. The molecule has 1 unspecified atom stereocenters. The zero-order valence-corrected chi connectivity index (χ0v) is 8.29. The van der Waals surface area contributed by atoms with Gasteiger partial charge in [-0.1, -0.05) is 6.92 Å². The molecule has 0 aromatic carbocycles. The van der Waals surface area contributed by atoms with E-state index in [-0.39, 0.29) is 0 Å². The summed E-state index contributed by atoms with van der Waals surface area (Å²) in [7, 11) is 0. The van der Waals surface area contributed by atoms with Crippen LogP contribution in [-0.4, -0.2) is 37.3 Å². The third kappa shape index (κ3) is 2.94. The van der Waals surface area contributed by atoms with Gasteiger partial charge in [-0.2, -0.15) is 0 Å². The zero-order valence-electron chi connectivity index (χ0n) is 8.29. The van der Waals surface area contributed by atoms with Crippen molar-refractivity contribution in [3.05, 3.63) is 0 Å². The Morgan fingerprint density at radius 3 is 3.08 bits per heavy atom. The maximum atomic E-state index is 4.30. The van der Waals surface area contributed by atoms with Gasteiger partial charge in [-0.3, -0.25) is 4.99 Å². The lowest BCUT2D eigenvalue weighted by atomic mass is 10.1. The van der Waals surface area contributed by atoms with Crippen LogP contribution >= 0.6 is 0 Å². The van der Waals surface area contributed by atoms with E-state index in [0.717, 1.165) is 12.5 Å². The third-order valence-corrected chi connectivity index (χ3v) is 2.46. The minimum absolute atomic E-state index is 0.827. The number of aliphatic imine (C=N–C) groups is 1. The van der Waals surface area contributed by atoms with Crippen molar-refractivity contribution in [1.29, 1.82) is 0 Å². The Balaban J connectivity index is 2.16. The fraction of sp³-hybridized carbons (Fsp3) is 0.900. The SMILES string of the molecule is CC=NCC1CCN(CCC)C1. The van der Waals surface area contributed by atoms with Crippen molar-refractivity contribution in [2.75, 3.05) is 26.2 Å². The van der Waals surface area contributed by atoms with Gasteiger partial charge in [0.2, 0.25) is 0 Å². The van der Waals surface area contributed by atoms with Gasteiger partial charge in [0, 0.05) is 13.1 Å². The average Bonchev–Trinajstić information content (AvgIpc) is 2.50. The Morgan fingerprint density at radius 2 is 2.42 bits per heavy atom. The van der Waals surface area contributed by atoms with E-state index in [4.69, 9.17) is 0 Å². The van der Waals surface area contributed by atoms with E-state index in [2.05, 4.69) is 16.8 Å². The van der Waals surface area contributed by atoms with E-state index in [1.807, 2.05) is 13.1 Å². The molecular weight excluding hydrogens is 148 g/mol. The fourth-order valence-corrected chi connectivity index (χ4v) is 1.84. The van der Waals surface area contributed by atoms with Crippen LogP contribution in [0.25, 0.3) is 0 Å². The van der Waals surface area contributed by atoms with E-state index in [0.29, 0.717) is 0 Å². The monoisotopic (exact) mass is 168 g/mol. The van der Waals surface area contributed by atoms with Gasteiger partial charge in [0.15, 0.2) is 0 Å². The Hall–Kier alpha value is -0.370. The first-order valence-corrected chi connectivity index (χ1v) is 5.03. The van der Waals surface area contributed by atoms with E-state index in [9.17, 15) is 0 Å². The molecule has 2 heteroatoms.